The molecule has 0 saturated carbocycles. The monoisotopic (exact) mass is 189 g/mol. The molecule has 0 saturated heterocycles. The summed E-state index contributed by atoms with van der Waals surface area (Å²) < 4.78 is 0. The smallest absolute Gasteiger partial charge is 0.120 e. The number of hydrogen-bond donors (Lipinski definition) is 1. The second-order valence-corrected chi connectivity index (χ2v) is 3.99. The minimum Gasteiger partial charge on any atom is -0.378 e. The Balaban J connectivity index is 3.02. The van der Waals surface area contributed by atoms with E-state index in [1.165, 1.54) is 0 Å². The van der Waals surface area contributed by atoms with E-state index in [0.29, 0.717) is 0 Å². The predicted octanol–water partition coefficient (Wildman–Crippen LogP) is 1.82. The molecule has 0 atom stereocenters. The first-order valence-electron chi connectivity index (χ1n) is 4.57. The summed E-state index contributed by atoms with van der Waals surface area (Å²) in [5.74, 6) is 5.61. The van der Waals surface area contributed by atoms with E-state index in [2.05, 4.69) is 16.8 Å². The topological polar surface area (TPSA) is 33.1 Å². The van der Waals surface area contributed by atoms with Gasteiger partial charge < -0.3 is 5.11 Å². The molecule has 0 spiro atoms. The van der Waals surface area contributed by atoms with Gasteiger partial charge in [-0.3, -0.25) is 0 Å². The number of aromatic nitrogens is 1. The Morgan fingerprint density at radius 2 is 2.00 bits per heavy atom. The van der Waals surface area contributed by atoms with Crippen LogP contribution in [0.15, 0.2) is 12.3 Å². The molecule has 1 heterocycles. The number of aliphatic hydroxyl groups is 1. The van der Waals surface area contributed by atoms with Crippen molar-refractivity contribution in [3.63, 3.8) is 0 Å². The van der Waals surface area contributed by atoms with Crippen molar-refractivity contribution < 1.29 is 5.11 Å². The number of hydrogen-bond acceptors (Lipinski definition) is 2. The predicted molar refractivity (Wildman–Crippen MR) is 56.9 cm³/mol. The van der Waals surface area contributed by atoms with E-state index in [1.807, 2.05) is 19.9 Å². The average molecular weight is 189 g/mol. The molecule has 0 fully saturated rings. The fourth-order valence-electron chi connectivity index (χ4n) is 1.06. The molecule has 0 aromatic carbocycles. The molecule has 0 amide bonds. The summed E-state index contributed by atoms with van der Waals surface area (Å²) in [5, 5.41) is 9.42. The molecule has 0 aliphatic carbocycles. The van der Waals surface area contributed by atoms with Crippen LogP contribution in [0.3, 0.4) is 0 Å². The Morgan fingerprint density at radius 1 is 1.36 bits per heavy atom. The van der Waals surface area contributed by atoms with Gasteiger partial charge >= 0.3 is 0 Å². The highest BCUT2D eigenvalue weighted by Gasteiger charge is 2.06. The molecule has 0 radical (unpaired) electrons. The standard InChI is InChI=1S/C12H15NO/c1-9-7-10(2)11(13-8-9)5-6-12(3,4)14/h7-8,14H,1-4H3. The maximum absolute atomic E-state index is 9.42. The van der Waals surface area contributed by atoms with Crippen LogP contribution in [0.25, 0.3) is 0 Å². The first-order valence-corrected chi connectivity index (χ1v) is 4.57. The van der Waals surface area contributed by atoms with Crippen LogP contribution in [0.2, 0.25) is 0 Å². The zero-order valence-corrected chi connectivity index (χ0v) is 9.05. The summed E-state index contributed by atoms with van der Waals surface area (Å²) in [6.45, 7) is 7.27. The van der Waals surface area contributed by atoms with Crippen LogP contribution in [0, 0.1) is 25.7 Å². The summed E-state index contributed by atoms with van der Waals surface area (Å²) in [7, 11) is 0. The van der Waals surface area contributed by atoms with E-state index in [1.54, 1.807) is 20.0 Å². The Labute approximate surface area is 85.0 Å². The van der Waals surface area contributed by atoms with Crippen molar-refractivity contribution in [2.24, 2.45) is 0 Å². The van der Waals surface area contributed by atoms with Gasteiger partial charge in [-0.15, -0.1) is 0 Å². The molecule has 0 unspecified atom stereocenters. The molecular weight excluding hydrogens is 174 g/mol. The second-order valence-electron chi connectivity index (χ2n) is 3.99. The van der Waals surface area contributed by atoms with Crippen LogP contribution in [0.5, 0.6) is 0 Å². The molecule has 0 bridgehead atoms. The molecule has 2 nitrogen and oxygen atoms in total. The van der Waals surface area contributed by atoms with Gasteiger partial charge in [-0.1, -0.05) is 12.0 Å². The third kappa shape index (κ3) is 3.20. The second kappa shape index (κ2) is 3.81. The minimum absolute atomic E-state index is 0.734. The zero-order valence-electron chi connectivity index (χ0n) is 9.05. The van der Waals surface area contributed by atoms with Crippen LogP contribution in [-0.4, -0.2) is 15.7 Å². The first-order chi connectivity index (χ1) is 6.38. The third-order valence-corrected chi connectivity index (χ3v) is 1.70. The molecule has 1 aromatic heterocycles. The van der Waals surface area contributed by atoms with Crippen LogP contribution in [0.4, 0.5) is 0 Å². The highest BCUT2D eigenvalue weighted by atomic mass is 16.3. The number of pyridine rings is 1. The largest absolute Gasteiger partial charge is 0.378 e. The molecule has 0 aliphatic heterocycles. The van der Waals surface area contributed by atoms with Crippen LogP contribution in [-0.2, 0) is 0 Å². The number of nitrogens with zero attached hydrogens (tertiary/aromatic N) is 1. The van der Waals surface area contributed by atoms with Gasteiger partial charge in [0.1, 0.15) is 11.3 Å². The van der Waals surface area contributed by atoms with Gasteiger partial charge in [0.05, 0.1) is 0 Å². The fourth-order valence-corrected chi connectivity index (χ4v) is 1.06. The van der Waals surface area contributed by atoms with E-state index < -0.39 is 5.60 Å². The maximum atomic E-state index is 9.42. The SMILES string of the molecule is Cc1cnc(C#CC(C)(C)O)c(C)c1. The van der Waals surface area contributed by atoms with E-state index in [0.717, 1.165) is 16.8 Å². The highest BCUT2D eigenvalue weighted by Crippen LogP contribution is 2.06. The molecule has 2 heteroatoms. The summed E-state index contributed by atoms with van der Waals surface area (Å²) in [4.78, 5) is 4.20. The van der Waals surface area contributed by atoms with Crippen molar-refractivity contribution in [1.82, 2.24) is 4.98 Å². The number of rotatable bonds is 0. The molecule has 14 heavy (non-hydrogen) atoms. The first kappa shape index (κ1) is 10.7. The van der Waals surface area contributed by atoms with E-state index in [4.69, 9.17) is 0 Å². The van der Waals surface area contributed by atoms with Crippen molar-refractivity contribution in [1.29, 1.82) is 0 Å². The summed E-state index contributed by atoms with van der Waals surface area (Å²) in [5.41, 5.74) is 1.94. The van der Waals surface area contributed by atoms with Crippen LogP contribution in [0.1, 0.15) is 30.7 Å². The molecule has 0 aliphatic rings. The quantitative estimate of drug-likeness (QED) is 0.631. The van der Waals surface area contributed by atoms with Gasteiger partial charge in [-0.05, 0) is 44.7 Å². The lowest BCUT2D eigenvalue weighted by molar-refractivity contribution is 0.143. The summed E-state index contributed by atoms with van der Waals surface area (Å²) in [6.07, 6.45) is 1.78. The number of aryl methyl sites for hydroxylation is 2. The van der Waals surface area contributed by atoms with Gasteiger partial charge in [0.2, 0.25) is 0 Å². The summed E-state index contributed by atoms with van der Waals surface area (Å²) in [6, 6.07) is 2.03. The van der Waals surface area contributed by atoms with Crippen LogP contribution >= 0.6 is 0 Å². The van der Waals surface area contributed by atoms with Gasteiger partial charge in [-0.25, -0.2) is 4.98 Å². The molecular formula is C12H15NO. The van der Waals surface area contributed by atoms with Gasteiger partial charge in [-0.2, -0.15) is 0 Å². The molecule has 1 rings (SSSR count). The van der Waals surface area contributed by atoms with E-state index in [-0.39, 0.29) is 0 Å². The normalized spacial score (nSPS) is 10.6. The lowest BCUT2D eigenvalue weighted by Crippen LogP contribution is -2.14. The lowest BCUT2D eigenvalue weighted by Gasteiger charge is -2.06. The van der Waals surface area contributed by atoms with E-state index >= 15 is 0 Å². The van der Waals surface area contributed by atoms with E-state index in [9.17, 15) is 5.11 Å². The molecule has 1 N–H and O–H groups in total. The van der Waals surface area contributed by atoms with Gasteiger partial charge in [0, 0.05) is 6.20 Å². The Kier molecular flexibility index (Phi) is 2.93. The summed E-state index contributed by atoms with van der Waals surface area (Å²) >= 11 is 0. The van der Waals surface area contributed by atoms with Gasteiger partial charge in [0.25, 0.3) is 0 Å². The third-order valence-electron chi connectivity index (χ3n) is 1.70. The fraction of sp³-hybridized carbons (Fsp3) is 0.417. The van der Waals surface area contributed by atoms with Gasteiger partial charge in [0.15, 0.2) is 0 Å². The van der Waals surface area contributed by atoms with Crippen molar-refractivity contribution in [3.8, 4) is 11.8 Å². The Hall–Kier alpha value is -1.33. The van der Waals surface area contributed by atoms with Crippen molar-refractivity contribution in [2.45, 2.75) is 33.3 Å². The van der Waals surface area contributed by atoms with Crippen molar-refractivity contribution in [2.75, 3.05) is 0 Å². The van der Waals surface area contributed by atoms with Crippen LogP contribution < -0.4 is 0 Å². The average Bonchev–Trinajstić information content (AvgIpc) is 2.00. The van der Waals surface area contributed by atoms with Crippen molar-refractivity contribution >= 4 is 0 Å². The lowest BCUT2D eigenvalue weighted by atomic mass is 10.1. The zero-order chi connectivity index (χ0) is 10.8. The maximum Gasteiger partial charge on any atom is 0.120 e. The molecule has 1 aromatic rings. The Bertz CT molecular complexity index is 391. The Morgan fingerprint density at radius 3 is 2.50 bits per heavy atom. The molecule has 74 valence electrons. The minimum atomic E-state index is -0.959. The van der Waals surface area contributed by atoms with Crippen molar-refractivity contribution in [3.05, 3.63) is 29.1 Å². The highest BCUT2D eigenvalue weighted by molar-refractivity contribution is 5.37.